The number of carbonyl (C=O) groups is 1. The van der Waals surface area contributed by atoms with Gasteiger partial charge in [-0.2, -0.15) is 0 Å². The van der Waals surface area contributed by atoms with Crippen LogP contribution in [0.1, 0.15) is 13.8 Å². The van der Waals surface area contributed by atoms with E-state index in [9.17, 15) is 22.0 Å². The van der Waals surface area contributed by atoms with Crippen LogP contribution in [0, 0.1) is 17.6 Å². The van der Waals surface area contributed by atoms with Crippen molar-refractivity contribution in [2.24, 2.45) is 5.92 Å². The summed E-state index contributed by atoms with van der Waals surface area (Å²) in [5.74, 6) is -4.22. The molecule has 0 saturated carbocycles. The molecule has 1 unspecified atom stereocenters. The molecule has 1 aromatic carbocycles. The van der Waals surface area contributed by atoms with Gasteiger partial charge < -0.3 is 4.74 Å². The van der Waals surface area contributed by atoms with Gasteiger partial charge in [0, 0.05) is 6.07 Å². The van der Waals surface area contributed by atoms with Crippen LogP contribution in [0.3, 0.4) is 0 Å². The zero-order chi connectivity index (χ0) is 14.6. The second-order valence-corrected chi connectivity index (χ2v) is 6.01. The average molecular weight is 292 g/mol. The summed E-state index contributed by atoms with van der Waals surface area (Å²) >= 11 is 0. The van der Waals surface area contributed by atoms with Gasteiger partial charge in [0.05, 0.1) is 18.3 Å². The summed E-state index contributed by atoms with van der Waals surface area (Å²) in [5, 5.41) is 0. The summed E-state index contributed by atoms with van der Waals surface area (Å²) in [6, 6.07) is 2.19. The number of halogens is 2. The Balaban J connectivity index is 2.95. The molecule has 4 nitrogen and oxygen atoms in total. The van der Waals surface area contributed by atoms with E-state index in [1.165, 1.54) is 6.92 Å². The molecule has 0 saturated heterocycles. The topological polar surface area (TPSA) is 60.4 Å². The fourth-order valence-corrected chi connectivity index (χ4v) is 3.10. The zero-order valence-corrected chi connectivity index (χ0v) is 11.3. The number of esters is 1. The molecule has 0 radical (unpaired) electrons. The molecular formula is C12H14F2O4S. The van der Waals surface area contributed by atoms with Crippen molar-refractivity contribution in [1.29, 1.82) is 0 Å². The van der Waals surface area contributed by atoms with E-state index in [2.05, 4.69) is 4.74 Å². The van der Waals surface area contributed by atoms with Crippen LogP contribution in [-0.4, -0.2) is 26.7 Å². The highest BCUT2D eigenvalue weighted by Gasteiger charge is 2.26. The molecule has 0 aromatic heterocycles. The van der Waals surface area contributed by atoms with Gasteiger partial charge >= 0.3 is 5.97 Å². The lowest BCUT2D eigenvalue weighted by Crippen LogP contribution is -2.24. The average Bonchev–Trinajstić information content (AvgIpc) is 2.27. The standard InChI is InChI=1S/C12H14F2O4S/c1-3-18-12(15)8(2)7-19(16,17)11-5-4-9(13)6-10(11)14/h4-6,8H,3,7H2,1-2H3. The van der Waals surface area contributed by atoms with E-state index in [1.807, 2.05) is 0 Å². The van der Waals surface area contributed by atoms with Gasteiger partial charge in [-0.05, 0) is 19.1 Å². The lowest BCUT2D eigenvalue weighted by atomic mass is 10.2. The van der Waals surface area contributed by atoms with Crippen molar-refractivity contribution in [3.05, 3.63) is 29.8 Å². The van der Waals surface area contributed by atoms with E-state index in [0.29, 0.717) is 6.07 Å². The normalized spacial score (nSPS) is 13.1. The smallest absolute Gasteiger partial charge is 0.309 e. The number of sulfone groups is 1. The Bertz CT molecular complexity index is 569. The van der Waals surface area contributed by atoms with E-state index < -0.39 is 44.0 Å². The number of rotatable bonds is 5. The fraction of sp³-hybridized carbons (Fsp3) is 0.417. The van der Waals surface area contributed by atoms with Crippen LogP contribution >= 0.6 is 0 Å². The first kappa shape index (κ1) is 15.6. The van der Waals surface area contributed by atoms with Crippen molar-refractivity contribution in [3.63, 3.8) is 0 Å². The fourth-order valence-electron chi connectivity index (χ4n) is 1.50. The molecule has 0 N–H and O–H groups in total. The highest BCUT2D eigenvalue weighted by molar-refractivity contribution is 7.91. The van der Waals surface area contributed by atoms with Crippen molar-refractivity contribution in [2.45, 2.75) is 18.7 Å². The molecule has 0 spiro atoms. The first-order chi connectivity index (χ1) is 8.77. The molecule has 1 atom stereocenters. The lowest BCUT2D eigenvalue weighted by Gasteiger charge is -2.11. The third-order valence-electron chi connectivity index (χ3n) is 2.39. The molecule has 0 aliphatic heterocycles. The van der Waals surface area contributed by atoms with Crippen molar-refractivity contribution >= 4 is 15.8 Å². The maximum atomic E-state index is 13.4. The van der Waals surface area contributed by atoms with Crippen molar-refractivity contribution in [2.75, 3.05) is 12.4 Å². The lowest BCUT2D eigenvalue weighted by molar-refractivity contribution is -0.146. The first-order valence-electron chi connectivity index (χ1n) is 5.62. The summed E-state index contributed by atoms with van der Waals surface area (Å²) < 4.78 is 54.6. The van der Waals surface area contributed by atoms with Gasteiger partial charge in [-0.15, -0.1) is 0 Å². The number of benzene rings is 1. The minimum absolute atomic E-state index is 0.133. The van der Waals surface area contributed by atoms with E-state index in [-0.39, 0.29) is 6.61 Å². The summed E-state index contributed by atoms with van der Waals surface area (Å²) in [4.78, 5) is 10.7. The Morgan fingerprint density at radius 2 is 2.00 bits per heavy atom. The maximum absolute atomic E-state index is 13.4. The molecule has 1 rings (SSSR count). The second kappa shape index (κ2) is 6.10. The van der Waals surface area contributed by atoms with Crippen molar-refractivity contribution in [1.82, 2.24) is 0 Å². The highest BCUT2D eigenvalue weighted by atomic mass is 32.2. The largest absolute Gasteiger partial charge is 0.466 e. The zero-order valence-electron chi connectivity index (χ0n) is 10.5. The molecule has 0 aliphatic carbocycles. The van der Waals surface area contributed by atoms with E-state index in [0.717, 1.165) is 12.1 Å². The molecule has 0 bridgehead atoms. The van der Waals surface area contributed by atoms with Gasteiger partial charge in [0.15, 0.2) is 9.84 Å². The SMILES string of the molecule is CCOC(=O)C(C)CS(=O)(=O)c1ccc(F)cc1F. The van der Waals surface area contributed by atoms with Crippen molar-refractivity contribution < 1.29 is 26.7 Å². The molecule has 106 valence electrons. The Kier molecular flexibility index (Phi) is 4.99. The van der Waals surface area contributed by atoms with Crippen LogP contribution in [-0.2, 0) is 19.4 Å². The van der Waals surface area contributed by atoms with Gasteiger partial charge in [-0.25, -0.2) is 17.2 Å². The number of hydrogen-bond acceptors (Lipinski definition) is 4. The summed E-state index contributed by atoms with van der Waals surface area (Å²) in [6.45, 7) is 3.10. The minimum atomic E-state index is -4.01. The molecular weight excluding hydrogens is 278 g/mol. The number of carbonyl (C=O) groups excluding carboxylic acids is 1. The second-order valence-electron chi connectivity index (χ2n) is 4.01. The third-order valence-corrected chi connectivity index (χ3v) is 4.33. The Hall–Kier alpha value is -1.50. The molecule has 0 aliphatic rings. The van der Waals surface area contributed by atoms with E-state index in [1.54, 1.807) is 6.92 Å². The maximum Gasteiger partial charge on any atom is 0.309 e. The van der Waals surface area contributed by atoms with Crippen LogP contribution in [0.4, 0.5) is 8.78 Å². The monoisotopic (exact) mass is 292 g/mol. The van der Waals surface area contributed by atoms with Gasteiger partial charge in [0.25, 0.3) is 0 Å². The van der Waals surface area contributed by atoms with Gasteiger partial charge in [-0.1, -0.05) is 6.92 Å². The van der Waals surface area contributed by atoms with Crippen LogP contribution in [0.2, 0.25) is 0 Å². The van der Waals surface area contributed by atoms with Gasteiger partial charge in [0.2, 0.25) is 0 Å². The van der Waals surface area contributed by atoms with E-state index >= 15 is 0 Å². The molecule has 7 heteroatoms. The summed E-state index contributed by atoms with van der Waals surface area (Å²) in [6.07, 6.45) is 0. The minimum Gasteiger partial charge on any atom is -0.466 e. The Morgan fingerprint density at radius 3 is 2.53 bits per heavy atom. The molecule has 0 amide bonds. The summed E-state index contributed by atoms with van der Waals surface area (Å²) in [7, 11) is -4.01. The van der Waals surface area contributed by atoms with Crippen LogP contribution in [0.15, 0.2) is 23.1 Å². The molecule has 0 fully saturated rings. The number of ether oxygens (including phenoxy) is 1. The molecule has 1 aromatic rings. The van der Waals surface area contributed by atoms with E-state index in [4.69, 9.17) is 0 Å². The Morgan fingerprint density at radius 1 is 1.37 bits per heavy atom. The van der Waals surface area contributed by atoms with Crippen LogP contribution < -0.4 is 0 Å². The van der Waals surface area contributed by atoms with Gasteiger partial charge in [-0.3, -0.25) is 4.79 Å². The third kappa shape index (κ3) is 3.99. The van der Waals surface area contributed by atoms with Gasteiger partial charge in [0.1, 0.15) is 16.5 Å². The van der Waals surface area contributed by atoms with Crippen molar-refractivity contribution in [3.8, 4) is 0 Å². The number of hydrogen-bond donors (Lipinski definition) is 0. The predicted molar refractivity (Wildman–Crippen MR) is 64.2 cm³/mol. The van der Waals surface area contributed by atoms with Crippen LogP contribution in [0.25, 0.3) is 0 Å². The molecule has 0 heterocycles. The quantitative estimate of drug-likeness (QED) is 0.614. The Labute approximate surface area is 110 Å². The predicted octanol–water partition coefficient (Wildman–Crippen LogP) is 1.94. The molecule has 19 heavy (non-hydrogen) atoms. The summed E-state index contributed by atoms with van der Waals surface area (Å²) in [5.41, 5.74) is 0. The first-order valence-corrected chi connectivity index (χ1v) is 7.27. The highest BCUT2D eigenvalue weighted by Crippen LogP contribution is 2.19. The van der Waals surface area contributed by atoms with Crippen LogP contribution in [0.5, 0.6) is 0 Å².